The van der Waals surface area contributed by atoms with Gasteiger partial charge in [-0.2, -0.15) is 0 Å². The monoisotopic (exact) mass is 289 g/mol. The number of benzene rings is 1. The van der Waals surface area contributed by atoms with Crippen LogP contribution in [0.15, 0.2) is 24.3 Å². The third kappa shape index (κ3) is 4.23. The molecule has 0 bridgehead atoms. The van der Waals surface area contributed by atoms with Gasteiger partial charge in [-0.1, -0.05) is 39.3 Å². The molecular formula is C19H31NO. The van der Waals surface area contributed by atoms with Gasteiger partial charge < -0.3 is 10.4 Å². The summed E-state index contributed by atoms with van der Waals surface area (Å²) in [6.07, 6.45) is 6.55. The van der Waals surface area contributed by atoms with Crippen molar-refractivity contribution in [2.45, 2.75) is 71.9 Å². The van der Waals surface area contributed by atoms with E-state index in [-0.39, 0.29) is 0 Å². The van der Waals surface area contributed by atoms with Crippen LogP contribution >= 0.6 is 0 Å². The Kier molecular flexibility index (Phi) is 5.32. The summed E-state index contributed by atoms with van der Waals surface area (Å²) >= 11 is 0. The van der Waals surface area contributed by atoms with Gasteiger partial charge in [0.15, 0.2) is 0 Å². The molecule has 1 aromatic carbocycles. The fraction of sp³-hybridized carbons (Fsp3) is 0.684. The highest BCUT2D eigenvalue weighted by Gasteiger charge is 2.32. The zero-order valence-corrected chi connectivity index (χ0v) is 14.0. The molecule has 2 N–H and O–H groups in total. The Morgan fingerprint density at radius 3 is 2.24 bits per heavy atom. The van der Waals surface area contributed by atoms with Crippen LogP contribution in [0.3, 0.4) is 0 Å². The molecule has 2 rings (SSSR count). The highest BCUT2D eigenvalue weighted by molar-refractivity contribution is 5.27. The maximum absolute atomic E-state index is 9.37. The van der Waals surface area contributed by atoms with Crippen LogP contribution in [0, 0.1) is 11.3 Å². The van der Waals surface area contributed by atoms with Crippen molar-refractivity contribution in [3.63, 3.8) is 0 Å². The van der Waals surface area contributed by atoms with Crippen LogP contribution in [-0.2, 0) is 0 Å². The Balaban J connectivity index is 1.84. The summed E-state index contributed by atoms with van der Waals surface area (Å²) in [6.45, 7) is 9.38. The van der Waals surface area contributed by atoms with E-state index in [1.54, 1.807) is 12.1 Å². The lowest BCUT2D eigenvalue weighted by molar-refractivity contribution is 0.134. The fourth-order valence-corrected chi connectivity index (χ4v) is 3.54. The molecule has 118 valence electrons. The summed E-state index contributed by atoms with van der Waals surface area (Å²) in [7, 11) is 0. The summed E-state index contributed by atoms with van der Waals surface area (Å²) in [4.78, 5) is 0. The molecule has 21 heavy (non-hydrogen) atoms. The van der Waals surface area contributed by atoms with Gasteiger partial charge in [-0.3, -0.25) is 0 Å². The summed E-state index contributed by atoms with van der Waals surface area (Å²) in [5.41, 5.74) is 1.75. The molecule has 0 spiro atoms. The van der Waals surface area contributed by atoms with Gasteiger partial charge in [0.25, 0.3) is 0 Å². The van der Waals surface area contributed by atoms with Crippen LogP contribution in [0.25, 0.3) is 0 Å². The van der Waals surface area contributed by atoms with E-state index in [9.17, 15) is 5.11 Å². The molecule has 1 aromatic rings. The minimum atomic E-state index is 0.341. The van der Waals surface area contributed by atoms with Crippen LogP contribution in [0.1, 0.15) is 71.4 Å². The van der Waals surface area contributed by atoms with Crippen molar-refractivity contribution in [1.82, 2.24) is 5.32 Å². The van der Waals surface area contributed by atoms with Crippen molar-refractivity contribution in [1.29, 1.82) is 0 Å². The third-order valence-corrected chi connectivity index (χ3v) is 5.62. The number of nitrogens with one attached hydrogen (secondary N) is 1. The Hall–Kier alpha value is -1.02. The van der Waals surface area contributed by atoms with Gasteiger partial charge >= 0.3 is 0 Å². The summed E-state index contributed by atoms with van der Waals surface area (Å²) in [6, 6.07) is 8.56. The molecule has 0 amide bonds. The van der Waals surface area contributed by atoms with E-state index in [1.165, 1.54) is 37.7 Å². The van der Waals surface area contributed by atoms with E-state index in [4.69, 9.17) is 0 Å². The van der Waals surface area contributed by atoms with Gasteiger partial charge in [0.1, 0.15) is 5.75 Å². The van der Waals surface area contributed by atoms with Crippen LogP contribution in [0.5, 0.6) is 5.75 Å². The van der Waals surface area contributed by atoms with Gasteiger partial charge in [0.05, 0.1) is 0 Å². The second-order valence-corrected chi connectivity index (χ2v) is 7.37. The highest BCUT2D eigenvalue weighted by atomic mass is 16.3. The SMILES string of the molecule is CCC(C)(C)C1CCC(NC(C)c2ccc(O)cc2)CC1. The molecule has 1 aliphatic rings. The molecule has 0 heterocycles. The molecule has 1 saturated carbocycles. The van der Waals surface area contributed by atoms with Crippen LogP contribution in [-0.4, -0.2) is 11.1 Å². The van der Waals surface area contributed by atoms with Crippen molar-refractivity contribution in [2.75, 3.05) is 0 Å². The first kappa shape index (κ1) is 16.4. The molecule has 0 saturated heterocycles. The average Bonchev–Trinajstić information content (AvgIpc) is 2.48. The van der Waals surface area contributed by atoms with E-state index in [0.29, 0.717) is 23.2 Å². The van der Waals surface area contributed by atoms with Crippen LogP contribution in [0.2, 0.25) is 0 Å². The summed E-state index contributed by atoms with van der Waals surface area (Å²) in [5, 5.41) is 13.1. The predicted octanol–water partition coefficient (Wildman–Crippen LogP) is 5.04. The second-order valence-electron chi connectivity index (χ2n) is 7.37. The molecule has 0 aliphatic heterocycles. The predicted molar refractivity (Wildman–Crippen MR) is 89.5 cm³/mol. The van der Waals surface area contributed by atoms with Gasteiger partial charge in [-0.15, -0.1) is 0 Å². The van der Waals surface area contributed by atoms with E-state index in [2.05, 4.69) is 33.0 Å². The molecule has 1 atom stereocenters. The van der Waals surface area contributed by atoms with Crippen molar-refractivity contribution in [3.05, 3.63) is 29.8 Å². The van der Waals surface area contributed by atoms with E-state index in [1.807, 2.05) is 12.1 Å². The molecule has 0 radical (unpaired) electrons. The summed E-state index contributed by atoms with van der Waals surface area (Å²) < 4.78 is 0. The zero-order valence-electron chi connectivity index (χ0n) is 14.0. The van der Waals surface area contributed by atoms with E-state index >= 15 is 0 Å². The van der Waals surface area contributed by atoms with Crippen LogP contribution in [0.4, 0.5) is 0 Å². The molecule has 0 aromatic heterocycles. The maximum atomic E-state index is 9.37. The Labute approximate surface area is 130 Å². The van der Waals surface area contributed by atoms with Crippen molar-refractivity contribution in [3.8, 4) is 5.75 Å². The first-order valence-corrected chi connectivity index (χ1v) is 8.47. The molecule has 1 fully saturated rings. The quantitative estimate of drug-likeness (QED) is 0.796. The Morgan fingerprint density at radius 1 is 1.14 bits per heavy atom. The largest absolute Gasteiger partial charge is 0.508 e. The van der Waals surface area contributed by atoms with E-state index in [0.717, 1.165) is 5.92 Å². The van der Waals surface area contributed by atoms with Gasteiger partial charge in [-0.25, -0.2) is 0 Å². The smallest absolute Gasteiger partial charge is 0.115 e. The molecule has 2 nitrogen and oxygen atoms in total. The second kappa shape index (κ2) is 6.83. The van der Waals surface area contributed by atoms with Crippen molar-refractivity contribution >= 4 is 0 Å². The number of phenolic OH excluding ortho intramolecular Hbond substituents is 1. The Morgan fingerprint density at radius 2 is 1.71 bits per heavy atom. The third-order valence-electron chi connectivity index (χ3n) is 5.62. The number of hydrogen-bond donors (Lipinski definition) is 2. The zero-order chi connectivity index (χ0) is 15.5. The number of aromatic hydroxyl groups is 1. The van der Waals surface area contributed by atoms with Gasteiger partial charge in [0, 0.05) is 12.1 Å². The van der Waals surface area contributed by atoms with Crippen molar-refractivity contribution < 1.29 is 5.11 Å². The average molecular weight is 289 g/mol. The fourth-order valence-electron chi connectivity index (χ4n) is 3.54. The first-order valence-electron chi connectivity index (χ1n) is 8.47. The highest BCUT2D eigenvalue weighted by Crippen LogP contribution is 2.40. The van der Waals surface area contributed by atoms with Gasteiger partial charge in [0.2, 0.25) is 0 Å². The molecular weight excluding hydrogens is 258 g/mol. The molecule has 1 unspecified atom stereocenters. The number of rotatable bonds is 5. The topological polar surface area (TPSA) is 32.3 Å². The molecule has 1 aliphatic carbocycles. The Bertz CT molecular complexity index is 429. The first-order chi connectivity index (χ1) is 9.92. The van der Waals surface area contributed by atoms with Crippen LogP contribution < -0.4 is 5.32 Å². The standard InChI is InChI=1S/C19H31NO/c1-5-19(3,4)16-8-10-17(11-9-16)20-14(2)15-6-12-18(21)13-7-15/h6-7,12-14,16-17,20-21H,5,8-11H2,1-4H3. The lowest BCUT2D eigenvalue weighted by Crippen LogP contribution is -2.38. The number of phenols is 1. The normalized spacial score (nSPS) is 24.8. The van der Waals surface area contributed by atoms with Crippen molar-refractivity contribution in [2.24, 2.45) is 11.3 Å². The van der Waals surface area contributed by atoms with Gasteiger partial charge in [-0.05, 0) is 61.6 Å². The number of hydrogen-bond acceptors (Lipinski definition) is 2. The lowest BCUT2D eigenvalue weighted by Gasteiger charge is -2.39. The lowest BCUT2D eigenvalue weighted by atomic mass is 9.69. The van der Waals surface area contributed by atoms with E-state index < -0.39 is 0 Å². The minimum Gasteiger partial charge on any atom is -0.508 e. The minimum absolute atomic E-state index is 0.341. The maximum Gasteiger partial charge on any atom is 0.115 e. The summed E-state index contributed by atoms with van der Waals surface area (Å²) in [5.74, 6) is 1.22. The molecule has 2 heteroatoms.